The first-order valence-corrected chi connectivity index (χ1v) is 4.72. The molecule has 3 N–H and O–H groups in total. The van der Waals surface area contributed by atoms with Gasteiger partial charge in [0.1, 0.15) is 11.5 Å². The van der Waals surface area contributed by atoms with E-state index in [0.717, 1.165) is 7.11 Å². The SMILES string of the molecule is CO.Oc1ccccc1.Oc1ccccc1.[Sc]. The summed E-state index contributed by atoms with van der Waals surface area (Å²) in [7, 11) is 1.00. The summed E-state index contributed by atoms with van der Waals surface area (Å²) >= 11 is 0. The number of para-hydroxylation sites is 2. The van der Waals surface area contributed by atoms with Crippen molar-refractivity contribution in [2.45, 2.75) is 0 Å². The summed E-state index contributed by atoms with van der Waals surface area (Å²) in [6, 6.07) is 17.4. The average Bonchev–Trinajstić information content (AvgIpc) is 2.34. The third kappa shape index (κ3) is 11.1. The van der Waals surface area contributed by atoms with Crippen molar-refractivity contribution in [2.24, 2.45) is 0 Å². The molecule has 4 heteroatoms. The number of hydrogen-bond acceptors (Lipinski definition) is 3. The van der Waals surface area contributed by atoms with Gasteiger partial charge >= 0.3 is 0 Å². The molecule has 0 amide bonds. The molecule has 0 saturated carbocycles. The number of aromatic hydroxyl groups is 2. The van der Waals surface area contributed by atoms with Gasteiger partial charge in [0, 0.05) is 33.0 Å². The Kier molecular flexibility index (Phi) is 13.9. The summed E-state index contributed by atoms with van der Waals surface area (Å²) in [5.74, 6) is 0.644. The predicted octanol–water partition coefficient (Wildman–Crippen LogP) is 2.39. The largest absolute Gasteiger partial charge is 0.508 e. The van der Waals surface area contributed by atoms with Crippen LogP contribution in [0.15, 0.2) is 60.7 Å². The van der Waals surface area contributed by atoms with Crippen LogP contribution in [0.3, 0.4) is 0 Å². The third-order valence-corrected chi connectivity index (χ3v) is 1.51. The summed E-state index contributed by atoms with van der Waals surface area (Å²) in [5.41, 5.74) is 0. The van der Waals surface area contributed by atoms with Gasteiger partial charge in [-0.2, -0.15) is 0 Å². The van der Waals surface area contributed by atoms with Crippen molar-refractivity contribution in [1.82, 2.24) is 0 Å². The Labute approximate surface area is 120 Å². The van der Waals surface area contributed by atoms with Gasteiger partial charge in [0.2, 0.25) is 0 Å². The molecule has 0 spiro atoms. The second-order valence-electron chi connectivity index (χ2n) is 2.67. The van der Waals surface area contributed by atoms with E-state index >= 15 is 0 Å². The number of rotatable bonds is 0. The van der Waals surface area contributed by atoms with Crippen molar-refractivity contribution in [2.75, 3.05) is 7.11 Å². The zero-order valence-electron chi connectivity index (χ0n) is 9.69. The Morgan fingerprint density at radius 3 is 0.941 bits per heavy atom. The van der Waals surface area contributed by atoms with Crippen LogP contribution < -0.4 is 0 Å². The number of phenolic OH excluding ortho intramolecular Hbond substituents is 2. The van der Waals surface area contributed by atoms with Crippen LogP contribution in [0.2, 0.25) is 0 Å². The number of aliphatic hydroxyl groups is 1. The number of phenols is 2. The second-order valence-corrected chi connectivity index (χ2v) is 2.67. The number of benzene rings is 2. The quantitative estimate of drug-likeness (QED) is 0.685. The molecule has 0 aliphatic heterocycles. The van der Waals surface area contributed by atoms with Gasteiger partial charge < -0.3 is 15.3 Å². The molecule has 0 aliphatic carbocycles. The van der Waals surface area contributed by atoms with Gasteiger partial charge in [0.05, 0.1) is 0 Å². The van der Waals surface area contributed by atoms with Crippen LogP contribution in [0.5, 0.6) is 11.5 Å². The van der Waals surface area contributed by atoms with E-state index in [1.807, 2.05) is 12.1 Å². The Balaban J connectivity index is 0. The molecular weight excluding hydrogens is 249 g/mol. The first kappa shape index (κ1) is 18.2. The maximum absolute atomic E-state index is 8.63. The Morgan fingerprint density at radius 2 is 0.824 bits per heavy atom. The maximum Gasteiger partial charge on any atom is 0.115 e. The molecule has 0 aromatic heterocycles. The van der Waals surface area contributed by atoms with Crippen LogP contribution >= 0.6 is 0 Å². The Bertz CT molecular complexity index is 314. The molecule has 3 nitrogen and oxygen atoms in total. The molecule has 17 heavy (non-hydrogen) atoms. The summed E-state index contributed by atoms with van der Waals surface area (Å²) < 4.78 is 0. The molecule has 2 rings (SSSR count). The fourth-order valence-corrected chi connectivity index (χ4v) is 0.856. The minimum absolute atomic E-state index is 0. The van der Waals surface area contributed by atoms with E-state index in [0.29, 0.717) is 11.5 Å². The molecule has 0 heterocycles. The van der Waals surface area contributed by atoms with Crippen LogP contribution in [0.1, 0.15) is 0 Å². The molecule has 1 radical (unpaired) electrons. The van der Waals surface area contributed by atoms with Gasteiger partial charge in [-0.1, -0.05) is 36.4 Å². The second kappa shape index (κ2) is 12.9. The van der Waals surface area contributed by atoms with Crippen molar-refractivity contribution in [3.8, 4) is 11.5 Å². The Hall–Kier alpha value is -1.13. The zero-order chi connectivity index (χ0) is 12.2. The van der Waals surface area contributed by atoms with Crippen molar-refractivity contribution in [3.63, 3.8) is 0 Å². The molecular formula is C13H16O3Sc. The Morgan fingerprint density at radius 1 is 0.588 bits per heavy atom. The third-order valence-electron chi connectivity index (χ3n) is 1.51. The normalized spacial score (nSPS) is 7.41. The van der Waals surface area contributed by atoms with Gasteiger partial charge in [0.25, 0.3) is 0 Å². The van der Waals surface area contributed by atoms with E-state index in [1.54, 1.807) is 48.5 Å². The van der Waals surface area contributed by atoms with Gasteiger partial charge in [-0.25, -0.2) is 0 Å². The van der Waals surface area contributed by atoms with E-state index in [1.165, 1.54) is 0 Å². The van der Waals surface area contributed by atoms with E-state index in [2.05, 4.69) is 0 Å². The minimum Gasteiger partial charge on any atom is -0.508 e. The summed E-state index contributed by atoms with van der Waals surface area (Å²) in [5, 5.41) is 24.3. The molecule has 0 atom stereocenters. The average molecular weight is 265 g/mol. The summed E-state index contributed by atoms with van der Waals surface area (Å²) in [6.07, 6.45) is 0. The molecule has 0 aliphatic rings. The topological polar surface area (TPSA) is 60.7 Å². The smallest absolute Gasteiger partial charge is 0.115 e. The molecule has 0 saturated heterocycles. The van der Waals surface area contributed by atoms with E-state index < -0.39 is 0 Å². The van der Waals surface area contributed by atoms with Crippen molar-refractivity contribution >= 4 is 0 Å². The fourth-order valence-electron chi connectivity index (χ4n) is 0.856. The van der Waals surface area contributed by atoms with Gasteiger partial charge in [-0.3, -0.25) is 0 Å². The van der Waals surface area contributed by atoms with Crippen molar-refractivity contribution in [1.29, 1.82) is 0 Å². The maximum atomic E-state index is 8.63. The molecule has 2 aromatic carbocycles. The van der Waals surface area contributed by atoms with Crippen LogP contribution in [0, 0.1) is 0 Å². The minimum atomic E-state index is 0. The number of aliphatic hydroxyl groups excluding tert-OH is 1. The molecule has 0 bridgehead atoms. The fraction of sp³-hybridized carbons (Fsp3) is 0.0769. The number of hydrogen-bond donors (Lipinski definition) is 3. The van der Waals surface area contributed by atoms with Gasteiger partial charge in [-0.05, 0) is 24.3 Å². The van der Waals surface area contributed by atoms with Gasteiger partial charge in [-0.15, -0.1) is 0 Å². The first-order valence-electron chi connectivity index (χ1n) is 4.72. The molecule has 89 valence electrons. The van der Waals surface area contributed by atoms with Crippen LogP contribution in [0.25, 0.3) is 0 Å². The van der Waals surface area contributed by atoms with Crippen molar-refractivity contribution < 1.29 is 41.2 Å². The van der Waals surface area contributed by atoms with Crippen molar-refractivity contribution in [3.05, 3.63) is 60.7 Å². The van der Waals surface area contributed by atoms with E-state index in [-0.39, 0.29) is 25.8 Å². The van der Waals surface area contributed by atoms with E-state index in [9.17, 15) is 0 Å². The first-order chi connectivity index (χ1) is 7.79. The van der Waals surface area contributed by atoms with E-state index in [4.69, 9.17) is 15.3 Å². The summed E-state index contributed by atoms with van der Waals surface area (Å²) in [6.45, 7) is 0. The monoisotopic (exact) mass is 265 g/mol. The predicted molar refractivity (Wildman–Crippen MR) is 64.4 cm³/mol. The zero-order valence-corrected chi connectivity index (χ0v) is 11.5. The summed E-state index contributed by atoms with van der Waals surface area (Å²) in [4.78, 5) is 0. The van der Waals surface area contributed by atoms with Crippen LogP contribution in [-0.2, 0) is 25.8 Å². The van der Waals surface area contributed by atoms with Gasteiger partial charge in [0.15, 0.2) is 0 Å². The molecule has 0 unspecified atom stereocenters. The van der Waals surface area contributed by atoms with Crippen LogP contribution in [-0.4, -0.2) is 22.4 Å². The molecule has 2 aromatic rings. The molecule has 0 fully saturated rings. The van der Waals surface area contributed by atoms with Crippen LogP contribution in [0.4, 0.5) is 0 Å². The standard InChI is InChI=1S/2C6H6O.CH4O.Sc/c2*7-6-4-2-1-3-5-6;1-2;/h2*1-5,7H;2H,1H3;.